The third-order valence-electron chi connectivity index (χ3n) is 6.19. The van der Waals surface area contributed by atoms with E-state index in [0.29, 0.717) is 23.5 Å². The van der Waals surface area contributed by atoms with Crippen LogP contribution in [-0.4, -0.2) is 23.4 Å². The Morgan fingerprint density at radius 3 is 2.42 bits per heavy atom. The summed E-state index contributed by atoms with van der Waals surface area (Å²) in [6.45, 7) is 8.17. The van der Waals surface area contributed by atoms with E-state index in [1.807, 2.05) is 33.8 Å². The number of ether oxygens (including phenoxy) is 1. The Morgan fingerprint density at radius 2 is 1.78 bits per heavy atom. The lowest BCUT2D eigenvalue weighted by molar-refractivity contribution is -0.132. The maximum absolute atomic E-state index is 14.1. The zero-order chi connectivity index (χ0) is 26.1. The number of carbonyl (C=O) groups is 2. The summed E-state index contributed by atoms with van der Waals surface area (Å²) >= 11 is 0. The van der Waals surface area contributed by atoms with Crippen LogP contribution in [0.15, 0.2) is 66.2 Å². The van der Waals surface area contributed by atoms with Crippen molar-refractivity contribution in [2.75, 3.05) is 11.5 Å². The van der Waals surface area contributed by atoms with E-state index in [4.69, 9.17) is 4.74 Å². The maximum Gasteiger partial charge on any atom is 0.300 e. The number of anilines is 1. The van der Waals surface area contributed by atoms with Gasteiger partial charge >= 0.3 is 0 Å². The Morgan fingerprint density at radius 1 is 1.03 bits per heavy atom. The van der Waals surface area contributed by atoms with Crippen LogP contribution in [0.4, 0.5) is 14.5 Å². The quantitative estimate of drug-likeness (QED) is 0.245. The van der Waals surface area contributed by atoms with Gasteiger partial charge in [0.25, 0.3) is 11.7 Å². The first-order valence-electron chi connectivity index (χ1n) is 11.7. The highest BCUT2D eigenvalue weighted by Gasteiger charge is 2.47. The Balaban J connectivity index is 1.95. The second-order valence-electron chi connectivity index (χ2n) is 9.02. The molecule has 3 aromatic carbocycles. The monoisotopic (exact) mass is 491 g/mol. The van der Waals surface area contributed by atoms with Crippen LogP contribution in [0.2, 0.25) is 0 Å². The fourth-order valence-corrected chi connectivity index (χ4v) is 4.48. The minimum absolute atomic E-state index is 0.0103. The molecule has 0 radical (unpaired) electrons. The van der Waals surface area contributed by atoms with Crippen molar-refractivity contribution < 1.29 is 28.2 Å². The van der Waals surface area contributed by atoms with Crippen molar-refractivity contribution in [2.24, 2.45) is 0 Å². The Kier molecular flexibility index (Phi) is 6.93. The number of Topliss-reactive ketones (excluding diaryl/α,β-unsaturated/α-hetero) is 1. The maximum atomic E-state index is 14.1. The molecule has 4 rings (SSSR count). The summed E-state index contributed by atoms with van der Waals surface area (Å²) in [5.41, 5.74) is 2.48. The lowest BCUT2D eigenvalue weighted by Crippen LogP contribution is -2.29. The van der Waals surface area contributed by atoms with Gasteiger partial charge in [0.2, 0.25) is 0 Å². The molecular formula is C29H27F2NO4. The molecular weight excluding hydrogens is 464 g/mol. The van der Waals surface area contributed by atoms with E-state index in [-0.39, 0.29) is 22.9 Å². The van der Waals surface area contributed by atoms with Crippen LogP contribution in [0.3, 0.4) is 0 Å². The highest BCUT2D eigenvalue weighted by molar-refractivity contribution is 6.51. The molecule has 5 nitrogen and oxygen atoms in total. The summed E-state index contributed by atoms with van der Waals surface area (Å²) in [5, 5.41) is 11.4. The highest BCUT2D eigenvalue weighted by atomic mass is 19.2. The molecule has 0 bridgehead atoms. The molecule has 186 valence electrons. The summed E-state index contributed by atoms with van der Waals surface area (Å²) in [6, 6.07) is 14.2. The smallest absolute Gasteiger partial charge is 0.300 e. The number of aliphatic hydroxyl groups is 1. The SMILES string of the molecule is CCOc1ccc(/C(O)=C2/C(=O)C(=O)N(c3ccc(F)c(F)c3)C2c2cccc(C)c2)cc1C(C)C. The molecule has 1 aliphatic heterocycles. The Hall–Kier alpha value is -4.00. The number of halogens is 2. The van der Waals surface area contributed by atoms with Gasteiger partial charge in [0.05, 0.1) is 18.2 Å². The molecule has 1 unspecified atom stereocenters. The zero-order valence-corrected chi connectivity index (χ0v) is 20.5. The van der Waals surface area contributed by atoms with E-state index in [2.05, 4.69) is 0 Å². The average Bonchev–Trinajstić information content (AvgIpc) is 3.11. The standard InChI is InChI=1S/C29H27F2NO4/c1-5-36-24-12-9-19(14-21(24)16(2)3)27(33)25-26(18-8-6-7-17(4)13-18)32(29(35)28(25)34)20-10-11-22(30)23(31)15-20/h6-16,26,33H,5H2,1-4H3/b27-25-. The second kappa shape index (κ2) is 9.93. The molecule has 3 aromatic rings. The lowest BCUT2D eigenvalue weighted by Gasteiger charge is -2.26. The minimum Gasteiger partial charge on any atom is -0.507 e. The number of aryl methyl sites for hydroxylation is 1. The molecule has 1 fully saturated rings. The van der Waals surface area contributed by atoms with Gasteiger partial charge in [-0.25, -0.2) is 8.78 Å². The zero-order valence-electron chi connectivity index (χ0n) is 20.5. The number of aliphatic hydroxyl groups excluding tert-OH is 1. The van der Waals surface area contributed by atoms with Gasteiger partial charge in [0.1, 0.15) is 11.5 Å². The molecule has 0 spiro atoms. The summed E-state index contributed by atoms with van der Waals surface area (Å²) < 4.78 is 33.5. The largest absolute Gasteiger partial charge is 0.507 e. The fraction of sp³-hybridized carbons (Fsp3) is 0.241. The van der Waals surface area contributed by atoms with Crippen molar-refractivity contribution in [1.82, 2.24) is 0 Å². The third kappa shape index (κ3) is 4.49. The normalized spacial score (nSPS) is 17.2. The first kappa shape index (κ1) is 25.1. The summed E-state index contributed by atoms with van der Waals surface area (Å²) in [4.78, 5) is 27.6. The molecule has 1 saturated heterocycles. The molecule has 1 amide bonds. The number of hydrogen-bond donors (Lipinski definition) is 1. The van der Waals surface area contributed by atoms with E-state index >= 15 is 0 Å². The molecule has 0 aromatic heterocycles. The lowest BCUT2D eigenvalue weighted by atomic mass is 9.92. The van der Waals surface area contributed by atoms with Crippen LogP contribution < -0.4 is 9.64 Å². The van der Waals surface area contributed by atoms with Crippen molar-refractivity contribution >= 4 is 23.1 Å². The molecule has 0 aliphatic carbocycles. The van der Waals surface area contributed by atoms with Crippen LogP contribution in [0.5, 0.6) is 5.75 Å². The van der Waals surface area contributed by atoms with E-state index in [9.17, 15) is 23.5 Å². The van der Waals surface area contributed by atoms with E-state index in [0.717, 1.165) is 28.2 Å². The first-order valence-corrected chi connectivity index (χ1v) is 11.7. The van der Waals surface area contributed by atoms with Gasteiger partial charge in [0.15, 0.2) is 11.6 Å². The van der Waals surface area contributed by atoms with Crippen molar-refractivity contribution in [1.29, 1.82) is 0 Å². The van der Waals surface area contributed by atoms with Crippen molar-refractivity contribution in [3.8, 4) is 5.75 Å². The van der Waals surface area contributed by atoms with Gasteiger partial charge in [-0.15, -0.1) is 0 Å². The first-order chi connectivity index (χ1) is 17.1. The van der Waals surface area contributed by atoms with Gasteiger partial charge in [-0.2, -0.15) is 0 Å². The van der Waals surface area contributed by atoms with Crippen LogP contribution in [0.1, 0.15) is 55.0 Å². The summed E-state index contributed by atoms with van der Waals surface area (Å²) in [7, 11) is 0. The van der Waals surface area contributed by atoms with E-state index in [1.165, 1.54) is 6.07 Å². The van der Waals surface area contributed by atoms with Crippen molar-refractivity contribution in [2.45, 2.75) is 39.7 Å². The van der Waals surface area contributed by atoms with Gasteiger partial charge in [-0.1, -0.05) is 43.7 Å². The molecule has 1 aliphatic rings. The van der Waals surface area contributed by atoms with Crippen molar-refractivity contribution in [3.63, 3.8) is 0 Å². The van der Waals surface area contributed by atoms with Gasteiger partial charge in [-0.05, 0) is 61.2 Å². The number of rotatable bonds is 6. The van der Waals surface area contributed by atoms with Crippen LogP contribution in [0, 0.1) is 18.6 Å². The second-order valence-corrected chi connectivity index (χ2v) is 9.02. The molecule has 36 heavy (non-hydrogen) atoms. The third-order valence-corrected chi connectivity index (χ3v) is 6.19. The molecule has 1 heterocycles. The predicted molar refractivity (Wildman–Crippen MR) is 134 cm³/mol. The van der Waals surface area contributed by atoms with Gasteiger partial charge in [0, 0.05) is 17.3 Å². The van der Waals surface area contributed by atoms with Crippen LogP contribution >= 0.6 is 0 Å². The minimum atomic E-state index is -1.15. The van der Waals surface area contributed by atoms with Crippen molar-refractivity contribution in [3.05, 3.63) is 100 Å². The van der Waals surface area contributed by atoms with Crippen LogP contribution in [0.25, 0.3) is 5.76 Å². The topological polar surface area (TPSA) is 66.8 Å². The summed E-state index contributed by atoms with van der Waals surface area (Å²) in [5.74, 6) is -3.69. The molecule has 1 atom stereocenters. The summed E-state index contributed by atoms with van der Waals surface area (Å²) in [6.07, 6.45) is 0. The number of hydrogen-bond acceptors (Lipinski definition) is 4. The predicted octanol–water partition coefficient (Wildman–Crippen LogP) is 6.42. The number of nitrogens with zero attached hydrogens (tertiary/aromatic N) is 1. The van der Waals surface area contributed by atoms with E-state index in [1.54, 1.807) is 36.4 Å². The number of amides is 1. The Labute approximate surface area is 208 Å². The van der Waals surface area contributed by atoms with Gasteiger partial charge < -0.3 is 9.84 Å². The number of ketones is 1. The molecule has 0 saturated carbocycles. The molecule has 7 heteroatoms. The van der Waals surface area contributed by atoms with Crippen LogP contribution in [-0.2, 0) is 9.59 Å². The van der Waals surface area contributed by atoms with E-state index < -0.39 is 29.4 Å². The van der Waals surface area contributed by atoms with Gasteiger partial charge in [-0.3, -0.25) is 14.5 Å². The fourth-order valence-electron chi connectivity index (χ4n) is 4.48. The number of benzene rings is 3. The number of carbonyl (C=O) groups excluding carboxylic acids is 2. The average molecular weight is 492 g/mol. The highest BCUT2D eigenvalue weighted by Crippen LogP contribution is 2.43. The Bertz CT molecular complexity index is 1380. The molecule has 1 N–H and O–H groups in total.